The van der Waals surface area contributed by atoms with Crippen molar-refractivity contribution in [3.63, 3.8) is 0 Å². The van der Waals surface area contributed by atoms with E-state index in [1.54, 1.807) is 4.90 Å². The van der Waals surface area contributed by atoms with Crippen LogP contribution < -0.4 is 5.73 Å². The van der Waals surface area contributed by atoms with E-state index in [1.807, 2.05) is 0 Å². The van der Waals surface area contributed by atoms with Gasteiger partial charge in [-0.3, -0.25) is 4.79 Å². The Morgan fingerprint density at radius 3 is 2.67 bits per heavy atom. The second-order valence-corrected chi connectivity index (χ2v) is 6.42. The maximum atomic E-state index is 12.0. The van der Waals surface area contributed by atoms with Gasteiger partial charge in [0.1, 0.15) is 0 Å². The third kappa shape index (κ3) is 2.68. The molecule has 0 aromatic carbocycles. The molecule has 1 fully saturated rings. The Labute approximate surface area is 106 Å². The van der Waals surface area contributed by atoms with Crippen LogP contribution in [-0.2, 0) is 9.84 Å². The Bertz CT molecular complexity index is 553. The summed E-state index contributed by atoms with van der Waals surface area (Å²) < 4.78 is 22.5. The van der Waals surface area contributed by atoms with Gasteiger partial charge in [-0.25, -0.2) is 13.4 Å². The van der Waals surface area contributed by atoms with Crippen molar-refractivity contribution in [2.45, 2.75) is 17.5 Å². The maximum Gasteiger partial charge on any atom is 0.255 e. The van der Waals surface area contributed by atoms with Crippen LogP contribution in [0, 0.1) is 0 Å². The van der Waals surface area contributed by atoms with Crippen molar-refractivity contribution in [1.82, 2.24) is 9.88 Å². The number of hydrogen-bond donors (Lipinski definition) is 1. The van der Waals surface area contributed by atoms with Gasteiger partial charge in [0.25, 0.3) is 5.91 Å². The van der Waals surface area contributed by atoms with Crippen LogP contribution >= 0.6 is 0 Å². The Hall–Kier alpha value is -1.47. The van der Waals surface area contributed by atoms with E-state index in [9.17, 15) is 13.2 Å². The van der Waals surface area contributed by atoms with E-state index in [2.05, 4.69) is 4.98 Å². The van der Waals surface area contributed by atoms with Gasteiger partial charge in [-0.15, -0.1) is 0 Å². The molecule has 0 saturated carbocycles. The zero-order valence-corrected chi connectivity index (χ0v) is 10.9. The minimum Gasteiger partial charge on any atom is -0.337 e. The van der Waals surface area contributed by atoms with Gasteiger partial charge in [0, 0.05) is 31.6 Å². The number of carbonyl (C=O) groups is 1. The molecule has 0 radical (unpaired) electrons. The molecule has 1 aliphatic heterocycles. The summed E-state index contributed by atoms with van der Waals surface area (Å²) in [5.74, 6) is -0.157. The molecule has 1 aliphatic rings. The highest BCUT2D eigenvalue weighted by Gasteiger charge is 2.24. The quantitative estimate of drug-likeness (QED) is 0.792. The van der Waals surface area contributed by atoms with Crippen molar-refractivity contribution >= 4 is 15.7 Å². The first-order valence-electron chi connectivity index (χ1n) is 5.59. The third-order valence-electron chi connectivity index (χ3n) is 2.88. The smallest absolute Gasteiger partial charge is 0.255 e. The van der Waals surface area contributed by atoms with Crippen molar-refractivity contribution in [3.05, 3.63) is 23.9 Å². The van der Waals surface area contributed by atoms with E-state index in [0.29, 0.717) is 18.7 Å². The fourth-order valence-corrected chi connectivity index (χ4v) is 2.44. The molecule has 98 valence electrons. The van der Waals surface area contributed by atoms with Crippen molar-refractivity contribution in [1.29, 1.82) is 0 Å². The average molecular weight is 269 g/mol. The molecule has 18 heavy (non-hydrogen) atoms. The predicted molar refractivity (Wildman–Crippen MR) is 65.8 cm³/mol. The second kappa shape index (κ2) is 4.66. The Morgan fingerprint density at radius 1 is 1.50 bits per heavy atom. The molecule has 2 heterocycles. The normalized spacial score (nSPS) is 20.1. The van der Waals surface area contributed by atoms with Crippen molar-refractivity contribution in [2.75, 3.05) is 19.3 Å². The molecule has 0 bridgehead atoms. The molecule has 1 aromatic heterocycles. The van der Waals surface area contributed by atoms with Crippen molar-refractivity contribution in [3.8, 4) is 0 Å². The standard InChI is InChI=1S/C11H15N3O3S/c1-18(16,17)10-3-2-8(6-13-10)11(15)14-5-4-9(12)7-14/h2-3,6,9H,4-5,7,12H2,1H3. The first-order valence-corrected chi connectivity index (χ1v) is 7.48. The molecule has 2 N–H and O–H groups in total. The summed E-state index contributed by atoms with van der Waals surface area (Å²) in [6.45, 7) is 1.17. The molecule has 1 atom stereocenters. The summed E-state index contributed by atoms with van der Waals surface area (Å²) in [5.41, 5.74) is 6.12. The number of aromatic nitrogens is 1. The predicted octanol–water partition coefficient (Wildman–Crippen LogP) is -0.342. The molecule has 1 unspecified atom stereocenters. The molecular weight excluding hydrogens is 254 g/mol. The molecular formula is C11H15N3O3S. The molecule has 0 spiro atoms. The number of rotatable bonds is 2. The lowest BCUT2D eigenvalue weighted by Gasteiger charge is -2.15. The van der Waals surface area contributed by atoms with Crippen LogP contribution in [0.4, 0.5) is 0 Å². The van der Waals surface area contributed by atoms with Gasteiger partial charge in [-0.05, 0) is 18.6 Å². The van der Waals surface area contributed by atoms with Crippen LogP contribution in [0.3, 0.4) is 0 Å². The summed E-state index contributed by atoms with van der Waals surface area (Å²) >= 11 is 0. The van der Waals surface area contributed by atoms with Gasteiger partial charge >= 0.3 is 0 Å². The highest BCUT2D eigenvalue weighted by Crippen LogP contribution is 2.13. The highest BCUT2D eigenvalue weighted by atomic mass is 32.2. The van der Waals surface area contributed by atoms with Gasteiger partial charge in [-0.1, -0.05) is 0 Å². The summed E-state index contributed by atoms with van der Waals surface area (Å²) in [4.78, 5) is 17.5. The van der Waals surface area contributed by atoms with E-state index in [0.717, 1.165) is 12.7 Å². The monoisotopic (exact) mass is 269 g/mol. The zero-order chi connectivity index (χ0) is 13.3. The van der Waals surface area contributed by atoms with Gasteiger partial charge < -0.3 is 10.6 Å². The Morgan fingerprint density at radius 2 is 2.22 bits per heavy atom. The zero-order valence-electron chi connectivity index (χ0n) is 10.0. The van der Waals surface area contributed by atoms with Crippen molar-refractivity contribution in [2.24, 2.45) is 5.73 Å². The first kappa shape index (κ1) is 13.0. The molecule has 7 heteroatoms. The fourth-order valence-electron chi connectivity index (χ4n) is 1.88. The number of carbonyl (C=O) groups excluding carboxylic acids is 1. The third-order valence-corrected chi connectivity index (χ3v) is 3.88. The Balaban J connectivity index is 2.17. The number of sulfone groups is 1. The van der Waals surface area contributed by atoms with Crippen LogP contribution in [0.5, 0.6) is 0 Å². The van der Waals surface area contributed by atoms with E-state index in [4.69, 9.17) is 5.73 Å². The topological polar surface area (TPSA) is 93.4 Å². The summed E-state index contributed by atoms with van der Waals surface area (Å²) in [6, 6.07) is 2.85. The van der Waals surface area contributed by atoms with Gasteiger partial charge in [-0.2, -0.15) is 0 Å². The van der Waals surface area contributed by atoms with Crippen LogP contribution in [0.15, 0.2) is 23.4 Å². The SMILES string of the molecule is CS(=O)(=O)c1ccc(C(=O)N2CCC(N)C2)cn1. The van der Waals surface area contributed by atoms with Gasteiger partial charge in [0.15, 0.2) is 14.9 Å². The lowest BCUT2D eigenvalue weighted by Crippen LogP contribution is -2.31. The molecule has 6 nitrogen and oxygen atoms in total. The van der Waals surface area contributed by atoms with Crippen LogP contribution in [0.1, 0.15) is 16.8 Å². The lowest BCUT2D eigenvalue weighted by atomic mass is 10.2. The van der Waals surface area contributed by atoms with Crippen LogP contribution in [-0.4, -0.2) is 49.6 Å². The second-order valence-electron chi connectivity index (χ2n) is 4.46. The van der Waals surface area contributed by atoms with Gasteiger partial charge in [0.05, 0.1) is 5.56 Å². The summed E-state index contributed by atoms with van der Waals surface area (Å²) in [6.07, 6.45) is 3.17. The van der Waals surface area contributed by atoms with E-state index < -0.39 is 9.84 Å². The molecule has 1 amide bonds. The largest absolute Gasteiger partial charge is 0.337 e. The summed E-state index contributed by atoms with van der Waals surface area (Å²) in [7, 11) is -3.33. The van der Waals surface area contributed by atoms with Gasteiger partial charge in [0.2, 0.25) is 0 Å². The summed E-state index contributed by atoms with van der Waals surface area (Å²) in [5, 5.41) is -0.0304. The number of pyridine rings is 1. The lowest BCUT2D eigenvalue weighted by molar-refractivity contribution is 0.0790. The number of hydrogen-bond acceptors (Lipinski definition) is 5. The van der Waals surface area contributed by atoms with E-state index in [-0.39, 0.29) is 17.0 Å². The molecule has 1 saturated heterocycles. The highest BCUT2D eigenvalue weighted by molar-refractivity contribution is 7.90. The average Bonchev–Trinajstić information content (AvgIpc) is 2.74. The number of nitrogens with zero attached hydrogens (tertiary/aromatic N) is 2. The minimum absolute atomic E-state index is 0.0252. The Kier molecular flexibility index (Phi) is 3.36. The fraction of sp³-hybridized carbons (Fsp3) is 0.455. The van der Waals surface area contributed by atoms with E-state index in [1.165, 1.54) is 18.3 Å². The van der Waals surface area contributed by atoms with Crippen LogP contribution in [0.2, 0.25) is 0 Å². The molecule has 1 aromatic rings. The first-order chi connectivity index (χ1) is 8.38. The van der Waals surface area contributed by atoms with Crippen LogP contribution in [0.25, 0.3) is 0 Å². The number of likely N-dealkylation sites (tertiary alicyclic amines) is 1. The number of nitrogens with two attached hydrogens (primary N) is 1. The van der Waals surface area contributed by atoms with Crippen molar-refractivity contribution < 1.29 is 13.2 Å². The van der Waals surface area contributed by atoms with E-state index >= 15 is 0 Å². The maximum absolute atomic E-state index is 12.0. The molecule has 0 aliphatic carbocycles. The number of amides is 1. The molecule has 2 rings (SSSR count). The minimum atomic E-state index is -3.33.